The second-order valence-corrected chi connectivity index (χ2v) is 32.9. The van der Waals surface area contributed by atoms with Gasteiger partial charge in [-0.3, -0.25) is 57.5 Å². The van der Waals surface area contributed by atoms with Crippen LogP contribution in [-0.4, -0.2) is 314 Å². The Hall–Kier alpha value is -6.90. The Morgan fingerprint density at radius 3 is 1.88 bits per heavy atom. The van der Waals surface area contributed by atoms with Crippen LogP contribution in [0.1, 0.15) is 182 Å². The summed E-state index contributed by atoms with van der Waals surface area (Å²) in [5.41, 5.74) is -1.68. The fourth-order valence-electron chi connectivity index (χ4n) is 17.9. The molecule has 33 heteroatoms. The average molecular weight is 1570 g/mol. The Bertz CT molecular complexity index is 3220. The fraction of sp³-hybridized carbons (Fsp3) is 0.844. The Labute approximate surface area is 643 Å². The molecule has 0 aromatic carbocycles. The first-order valence-corrected chi connectivity index (χ1v) is 40.0. The highest BCUT2D eigenvalue weighted by atomic mass is 19.4. The molecule has 2 bridgehead atoms. The van der Waals surface area contributed by atoms with Crippen LogP contribution in [-0.2, 0) is 71.7 Å². The molecule has 3 N–H and O–H groups in total. The Morgan fingerprint density at radius 2 is 1.28 bits per heavy atom. The summed E-state index contributed by atoms with van der Waals surface area (Å²) in [5, 5.41) is 8.57. The largest absolute Gasteiger partial charge is 0.397 e. The number of carbonyl (C=O) groups excluding carboxylic acids is 12. The van der Waals surface area contributed by atoms with Crippen LogP contribution in [0.3, 0.4) is 0 Å². The zero-order valence-electron chi connectivity index (χ0n) is 66.5. The van der Waals surface area contributed by atoms with Gasteiger partial charge in [-0.2, -0.15) is 13.2 Å². The molecule has 8 fully saturated rings. The van der Waals surface area contributed by atoms with Gasteiger partial charge in [0.05, 0.1) is 44.9 Å². The minimum absolute atomic E-state index is 0.0116. The number of methoxy groups -OCH3 is 1. The van der Waals surface area contributed by atoms with Crippen molar-refractivity contribution in [3.8, 4) is 0 Å². The third kappa shape index (κ3) is 21.3. The van der Waals surface area contributed by atoms with Crippen LogP contribution in [0, 0.1) is 35.5 Å². The smallest absolute Gasteiger partial charge is 0.381 e. The number of fused-ring (bicyclic) bond motifs is 3. The van der Waals surface area contributed by atoms with Crippen LogP contribution in [0.2, 0.25) is 0 Å². The van der Waals surface area contributed by atoms with Crippen LogP contribution in [0.15, 0.2) is 0 Å². The van der Waals surface area contributed by atoms with Gasteiger partial charge in [-0.05, 0) is 133 Å². The van der Waals surface area contributed by atoms with Crippen LogP contribution >= 0.6 is 0 Å². The van der Waals surface area contributed by atoms with E-state index < -0.39 is 230 Å². The van der Waals surface area contributed by atoms with Gasteiger partial charge in [-0.1, -0.05) is 59.8 Å². The number of hydrogen-bond donors (Lipinski definition) is 3. The highest BCUT2D eigenvalue weighted by Gasteiger charge is 2.56. The van der Waals surface area contributed by atoms with Gasteiger partial charge in [0.1, 0.15) is 78.3 Å². The van der Waals surface area contributed by atoms with Gasteiger partial charge in [0, 0.05) is 95.0 Å². The van der Waals surface area contributed by atoms with Gasteiger partial charge in [-0.25, -0.2) is 13.2 Å². The van der Waals surface area contributed by atoms with Crippen LogP contribution < -0.4 is 16.0 Å². The van der Waals surface area contributed by atoms with E-state index in [1.165, 1.54) is 78.8 Å². The van der Waals surface area contributed by atoms with E-state index in [2.05, 4.69) is 16.0 Å². The molecule has 0 radical (unpaired) electrons. The van der Waals surface area contributed by atoms with Gasteiger partial charge < -0.3 is 74.3 Å². The molecule has 622 valence electrons. The summed E-state index contributed by atoms with van der Waals surface area (Å²) in [6.07, 6.45) is -11.1. The molecule has 8 aliphatic rings. The average Bonchev–Trinajstić information content (AvgIpc) is 1.20. The molecule has 0 aromatic heterocycles. The minimum atomic E-state index is -5.20. The van der Waals surface area contributed by atoms with Crippen molar-refractivity contribution in [2.45, 2.75) is 273 Å². The SMILES string of the molecule is CCO[C@@H]1C[C@H]2C(=O)NC3(CCC3)C(=O)N(C)[C@@H](C3CCCC3)C(=O)N(C)[C@H](C(=O)N3CCOCC3)CC(=O)N(C)[C@@H](CC(C)C)C(=O)N[C@@H]([C@@H](C)CC)C(=O)N(C)CC(=O)N(C)[C@H]3CCCCCN(C3=O)[C@@H](CC3CCC(F)CC3OC)C(=O)N(C)CC(=O)N[C@@H](CCC3CC(F)C(C(F)(F)F)C(F)C3)C(=O)N2C1. The Balaban J connectivity index is 1.21. The van der Waals surface area contributed by atoms with E-state index in [4.69, 9.17) is 14.2 Å². The van der Waals surface area contributed by atoms with Crippen LogP contribution in [0.25, 0.3) is 0 Å². The summed E-state index contributed by atoms with van der Waals surface area (Å²) >= 11 is 0. The Kier molecular flexibility index (Phi) is 31.6. The number of halogens is 6. The standard InChI is InChI=1S/C77H122F6N12O15/c1-13-46(5)65-73(105)88(7)44-63(98)89(8)55-23-16-15-19-30-94(72(55)104)59(38-49-25-26-50(78)39-60(49)108-12)70(102)87(6)43-61(96)84-54(27-24-47-36-52(79)64(53(80)37-47)77(81,82)83)69(101)95-42-51(110-14-2)40-57(95)68(100)86-76(28-20-29-76)75(107)92(11)66(48-21-17-18-22-48)74(106)91(10)58(71(103)93-31-33-109-34-32-93)41-62(97)90(9)56(35-45(3)4)67(99)85-65/h45-60,64-66H,13-44H2,1-12H3,(H,84,96)(H,85,99)(H,86,100)/t46-,47?,49?,50?,51+,52?,53?,54-,55-,56-,57-,58-,59-,60?,64?,65-,66-/m0/s1. The third-order valence-corrected chi connectivity index (χ3v) is 24.9. The quantitative estimate of drug-likeness (QED) is 0.190. The first-order chi connectivity index (χ1) is 52.0. The number of ether oxygens (including phenoxy) is 3. The van der Waals surface area contributed by atoms with E-state index in [-0.39, 0.29) is 116 Å². The number of likely N-dealkylation sites (N-methyl/N-ethyl adjacent to an activating group) is 6. The van der Waals surface area contributed by atoms with Crippen molar-refractivity contribution < 1.29 is 98.1 Å². The number of amides is 12. The monoisotopic (exact) mass is 1570 g/mol. The van der Waals surface area contributed by atoms with Crippen molar-refractivity contribution >= 4 is 70.9 Å². The maximum Gasteiger partial charge on any atom is 0.397 e. The predicted octanol–water partition coefficient (Wildman–Crippen LogP) is 5.13. The maximum atomic E-state index is 15.8. The Morgan fingerprint density at radius 1 is 0.636 bits per heavy atom. The van der Waals surface area contributed by atoms with Gasteiger partial charge in [0.25, 0.3) is 0 Å². The normalized spacial score (nSPS) is 32.9. The molecule has 4 aliphatic carbocycles. The molecule has 4 saturated heterocycles. The molecule has 4 saturated carbocycles. The van der Waals surface area contributed by atoms with Gasteiger partial charge in [-0.15, -0.1) is 0 Å². The first-order valence-electron chi connectivity index (χ1n) is 40.0. The predicted molar refractivity (Wildman–Crippen MR) is 391 cm³/mol. The molecule has 15 atom stereocenters. The lowest BCUT2D eigenvalue weighted by molar-refractivity contribution is -0.219. The number of rotatable bonds is 14. The number of hydrogen-bond acceptors (Lipinski definition) is 15. The molecule has 12 amide bonds. The molecule has 1 spiro atoms. The third-order valence-electron chi connectivity index (χ3n) is 24.9. The maximum absolute atomic E-state index is 15.8. The molecular formula is C77H122F6N12O15. The second-order valence-electron chi connectivity index (χ2n) is 32.9. The van der Waals surface area contributed by atoms with E-state index >= 15 is 56.3 Å². The lowest BCUT2D eigenvalue weighted by Crippen LogP contribution is -2.68. The fourth-order valence-corrected chi connectivity index (χ4v) is 17.9. The molecule has 8 rings (SSSR count). The summed E-state index contributed by atoms with van der Waals surface area (Å²) < 4.78 is 106. The zero-order valence-corrected chi connectivity index (χ0v) is 66.5. The number of morpholine rings is 1. The molecule has 110 heavy (non-hydrogen) atoms. The number of nitrogens with one attached hydrogen (secondary N) is 3. The molecular weight excluding hydrogens is 1450 g/mol. The first kappa shape index (κ1) is 88.7. The molecule has 0 aromatic rings. The van der Waals surface area contributed by atoms with E-state index in [9.17, 15) is 27.6 Å². The zero-order chi connectivity index (χ0) is 81.0. The molecule has 27 nitrogen and oxygen atoms in total. The number of carbonyl (C=O) groups is 12. The number of alkyl halides is 6. The molecule has 4 heterocycles. The summed E-state index contributed by atoms with van der Waals surface area (Å²) in [5.74, 6) is -14.6. The van der Waals surface area contributed by atoms with Gasteiger partial charge >= 0.3 is 6.18 Å². The summed E-state index contributed by atoms with van der Waals surface area (Å²) in [7, 11) is 9.71. The minimum Gasteiger partial charge on any atom is -0.381 e. The van der Waals surface area contributed by atoms with E-state index in [1.807, 2.05) is 20.8 Å². The van der Waals surface area contributed by atoms with E-state index in [0.717, 1.165) is 14.7 Å². The second kappa shape index (κ2) is 39.2. The highest BCUT2D eigenvalue weighted by Crippen LogP contribution is 2.45. The molecule has 4 aliphatic heterocycles. The van der Waals surface area contributed by atoms with Crippen molar-refractivity contribution in [2.24, 2.45) is 35.5 Å². The summed E-state index contributed by atoms with van der Waals surface area (Å²) in [6, 6.07) is -11.0. The van der Waals surface area contributed by atoms with Crippen molar-refractivity contribution in [3.63, 3.8) is 0 Å². The molecule has 5 unspecified atom stereocenters. The van der Waals surface area contributed by atoms with Crippen molar-refractivity contribution in [2.75, 3.05) is 108 Å². The van der Waals surface area contributed by atoms with Gasteiger partial charge in [0.2, 0.25) is 70.9 Å². The van der Waals surface area contributed by atoms with Crippen molar-refractivity contribution in [3.05, 3.63) is 0 Å². The van der Waals surface area contributed by atoms with E-state index in [0.29, 0.717) is 57.8 Å². The van der Waals surface area contributed by atoms with Crippen molar-refractivity contribution in [1.29, 1.82) is 0 Å². The van der Waals surface area contributed by atoms with Crippen LogP contribution in [0.5, 0.6) is 0 Å². The lowest BCUT2D eigenvalue weighted by Gasteiger charge is -2.47. The van der Waals surface area contributed by atoms with E-state index in [1.54, 1.807) is 13.8 Å². The van der Waals surface area contributed by atoms with Gasteiger partial charge in [0.15, 0.2) is 0 Å². The number of nitrogens with zero attached hydrogens (tertiary/aromatic N) is 9. The summed E-state index contributed by atoms with van der Waals surface area (Å²) in [4.78, 5) is 194. The topological polar surface area (TPSA) is 298 Å². The van der Waals surface area contributed by atoms with Crippen molar-refractivity contribution in [1.82, 2.24) is 60.0 Å². The summed E-state index contributed by atoms with van der Waals surface area (Å²) in [6.45, 7) is 7.91. The lowest BCUT2D eigenvalue weighted by atomic mass is 9.74. The van der Waals surface area contributed by atoms with Crippen LogP contribution in [0.4, 0.5) is 26.3 Å². The highest BCUT2D eigenvalue weighted by molar-refractivity contribution is 6.01.